The Bertz CT molecular complexity index is 673. The molecular formula is C17H17N3O. The van der Waals surface area contributed by atoms with E-state index >= 15 is 0 Å². The first-order valence-electron chi connectivity index (χ1n) is 7.08. The number of benzene rings is 1. The second-order valence-electron chi connectivity index (χ2n) is 5.08. The SMILES string of the molecule is CNC[C@@H]1OCCc2c(-c3ccc(C#N)nc3)cccc21. The van der Waals surface area contributed by atoms with Crippen LogP contribution in [0.2, 0.25) is 0 Å². The van der Waals surface area contributed by atoms with Crippen LogP contribution in [0.1, 0.15) is 22.9 Å². The van der Waals surface area contributed by atoms with Crippen molar-refractivity contribution in [2.45, 2.75) is 12.5 Å². The summed E-state index contributed by atoms with van der Waals surface area (Å²) >= 11 is 0. The molecule has 3 rings (SSSR count). The van der Waals surface area contributed by atoms with Gasteiger partial charge in [0.1, 0.15) is 11.8 Å². The monoisotopic (exact) mass is 279 g/mol. The molecule has 1 aromatic carbocycles. The zero-order valence-corrected chi connectivity index (χ0v) is 12.0. The van der Waals surface area contributed by atoms with E-state index < -0.39 is 0 Å². The minimum atomic E-state index is 0.102. The molecule has 2 heterocycles. The van der Waals surface area contributed by atoms with Crippen molar-refractivity contribution in [3.05, 3.63) is 53.3 Å². The molecule has 0 aliphatic carbocycles. The van der Waals surface area contributed by atoms with E-state index in [0.717, 1.165) is 25.1 Å². The summed E-state index contributed by atoms with van der Waals surface area (Å²) in [6.07, 6.45) is 2.78. The fourth-order valence-corrected chi connectivity index (χ4v) is 2.82. The molecule has 4 heteroatoms. The van der Waals surface area contributed by atoms with Gasteiger partial charge in [-0.3, -0.25) is 0 Å². The highest BCUT2D eigenvalue weighted by Crippen LogP contribution is 2.34. The third-order valence-electron chi connectivity index (χ3n) is 3.81. The second-order valence-corrected chi connectivity index (χ2v) is 5.08. The average molecular weight is 279 g/mol. The normalized spacial score (nSPS) is 17.0. The van der Waals surface area contributed by atoms with Crippen LogP contribution < -0.4 is 5.32 Å². The molecule has 0 bridgehead atoms. The Hall–Kier alpha value is -2.22. The summed E-state index contributed by atoms with van der Waals surface area (Å²) in [5.41, 5.74) is 5.26. The Labute approximate surface area is 124 Å². The topological polar surface area (TPSA) is 57.9 Å². The summed E-state index contributed by atoms with van der Waals surface area (Å²) in [6.45, 7) is 1.54. The summed E-state index contributed by atoms with van der Waals surface area (Å²) in [7, 11) is 1.94. The van der Waals surface area contributed by atoms with Gasteiger partial charge in [0.05, 0.1) is 12.7 Å². The second kappa shape index (κ2) is 6.04. The van der Waals surface area contributed by atoms with Gasteiger partial charge in [0.2, 0.25) is 0 Å². The van der Waals surface area contributed by atoms with Gasteiger partial charge >= 0.3 is 0 Å². The summed E-state index contributed by atoms with van der Waals surface area (Å²) in [5.74, 6) is 0. The Balaban J connectivity index is 2.03. The minimum absolute atomic E-state index is 0.102. The molecule has 4 nitrogen and oxygen atoms in total. The quantitative estimate of drug-likeness (QED) is 0.937. The number of hydrogen-bond donors (Lipinski definition) is 1. The number of nitriles is 1. The zero-order valence-electron chi connectivity index (χ0n) is 12.0. The Kier molecular flexibility index (Phi) is 3.96. The Morgan fingerprint density at radius 2 is 2.29 bits per heavy atom. The molecule has 1 N–H and O–H groups in total. The van der Waals surface area contributed by atoms with E-state index in [2.05, 4.69) is 34.6 Å². The summed E-state index contributed by atoms with van der Waals surface area (Å²) in [4.78, 5) is 4.17. The van der Waals surface area contributed by atoms with Gasteiger partial charge in [0.15, 0.2) is 0 Å². The molecule has 1 atom stereocenters. The number of nitrogens with one attached hydrogen (secondary N) is 1. The molecule has 1 aliphatic heterocycles. The summed E-state index contributed by atoms with van der Waals surface area (Å²) < 4.78 is 5.85. The van der Waals surface area contributed by atoms with Crippen molar-refractivity contribution in [1.82, 2.24) is 10.3 Å². The highest BCUT2D eigenvalue weighted by Gasteiger charge is 2.22. The smallest absolute Gasteiger partial charge is 0.140 e. The lowest BCUT2D eigenvalue weighted by Gasteiger charge is -2.27. The van der Waals surface area contributed by atoms with Crippen LogP contribution in [0.4, 0.5) is 0 Å². The van der Waals surface area contributed by atoms with Crippen molar-refractivity contribution < 1.29 is 4.74 Å². The van der Waals surface area contributed by atoms with Gasteiger partial charge in [0.25, 0.3) is 0 Å². The molecular weight excluding hydrogens is 262 g/mol. The van der Waals surface area contributed by atoms with Crippen molar-refractivity contribution in [2.24, 2.45) is 0 Å². The molecule has 1 aromatic heterocycles. The number of likely N-dealkylation sites (N-methyl/N-ethyl adjacent to an activating group) is 1. The number of ether oxygens (including phenoxy) is 1. The van der Waals surface area contributed by atoms with Crippen LogP contribution in [0.15, 0.2) is 36.5 Å². The fourth-order valence-electron chi connectivity index (χ4n) is 2.82. The van der Waals surface area contributed by atoms with Crippen molar-refractivity contribution >= 4 is 0 Å². The van der Waals surface area contributed by atoms with E-state index in [4.69, 9.17) is 10.00 Å². The van der Waals surface area contributed by atoms with Crippen molar-refractivity contribution in [3.8, 4) is 17.2 Å². The summed E-state index contributed by atoms with van der Waals surface area (Å²) in [5, 5.41) is 12.0. The van der Waals surface area contributed by atoms with E-state index in [9.17, 15) is 0 Å². The zero-order chi connectivity index (χ0) is 14.7. The molecule has 0 radical (unpaired) electrons. The highest BCUT2D eigenvalue weighted by molar-refractivity contribution is 5.69. The van der Waals surface area contributed by atoms with Crippen molar-refractivity contribution in [3.63, 3.8) is 0 Å². The molecule has 0 amide bonds. The van der Waals surface area contributed by atoms with Crippen LogP contribution >= 0.6 is 0 Å². The van der Waals surface area contributed by atoms with Crippen LogP contribution in [0.25, 0.3) is 11.1 Å². The molecule has 21 heavy (non-hydrogen) atoms. The van der Waals surface area contributed by atoms with Gasteiger partial charge in [-0.25, -0.2) is 4.98 Å². The molecule has 2 aromatic rings. The molecule has 0 fully saturated rings. The number of hydrogen-bond acceptors (Lipinski definition) is 4. The third kappa shape index (κ3) is 2.66. The van der Waals surface area contributed by atoms with Gasteiger partial charge < -0.3 is 10.1 Å². The highest BCUT2D eigenvalue weighted by atomic mass is 16.5. The first-order valence-corrected chi connectivity index (χ1v) is 7.08. The maximum absolute atomic E-state index is 8.85. The lowest BCUT2D eigenvalue weighted by Crippen LogP contribution is -2.25. The fraction of sp³-hybridized carbons (Fsp3) is 0.294. The number of aromatic nitrogens is 1. The predicted octanol–water partition coefficient (Wildman–Crippen LogP) is 2.45. The lowest BCUT2D eigenvalue weighted by molar-refractivity contribution is 0.0440. The van der Waals surface area contributed by atoms with E-state index in [0.29, 0.717) is 5.69 Å². The van der Waals surface area contributed by atoms with Crippen LogP contribution in [0, 0.1) is 11.3 Å². The molecule has 0 spiro atoms. The lowest BCUT2D eigenvalue weighted by atomic mass is 9.90. The standard InChI is InChI=1S/C17H17N3O/c1-19-11-17-16-4-2-3-14(15(16)7-8-21-17)12-5-6-13(9-18)20-10-12/h2-6,10,17,19H,7-8,11H2,1H3/t17-/m0/s1. The summed E-state index contributed by atoms with van der Waals surface area (Å²) in [6, 6.07) is 12.1. The first-order chi connectivity index (χ1) is 10.3. The van der Waals surface area contributed by atoms with Gasteiger partial charge in [-0.2, -0.15) is 5.26 Å². The molecule has 106 valence electrons. The number of fused-ring (bicyclic) bond motifs is 1. The molecule has 0 saturated carbocycles. The predicted molar refractivity (Wildman–Crippen MR) is 80.7 cm³/mol. The van der Waals surface area contributed by atoms with Crippen molar-refractivity contribution in [2.75, 3.05) is 20.2 Å². The van der Waals surface area contributed by atoms with Gasteiger partial charge in [-0.05, 0) is 42.3 Å². The van der Waals surface area contributed by atoms with Crippen LogP contribution in [0.5, 0.6) is 0 Å². The first kappa shape index (κ1) is 13.7. The van der Waals surface area contributed by atoms with Gasteiger partial charge in [0, 0.05) is 18.3 Å². The minimum Gasteiger partial charge on any atom is -0.372 e. The van der Waals surface area contributed by atoms with Crippen molar-refractivity contribution in [1.29, 1.82) is 5.26 Å². The Morgan fingerprint density at radius 1 is 1.38 bits per heavy atom. The van der Waals surface area contributed by atoms with E-state index in [-0.39, 0.29) is 6.10 Å². The Morgan fingerprint density at radius 3 is 3.00 bits per heavy atom. The maximum Gasteiger partial charge on any atom is 0.140 e. The molecule has 0 saturated heterocycles. The van der Waals surface area contributed by atoms with E-state index in [1.165, 1.54) is 16.7 Å². The van der Waals surface area contributed by atoms with Crippen LogP contribution in [-0.2, 0) is 11.2 Å². The molecule has 0 unspecified atom stereocenters. The van der Waals surface area contributed by atoms with E-state index in [1.807, 2.05) is 13.1 Å². The number of rotatable bonds is 3. The average Bonchev–Trinajstić information content (AvgIpc) is 2.55. The largest absolute Gasteiger partial charge is 0.372 e. The van der Waals surface area contributed by atoms with Crippen LogP contribution in [-0.4, -0.2) is 25.2 Å². The number of pyridine rings is 1. The van der Waals surface area contributed by atoms with Crippen LogP contribution in [0.3, 0.4) is 0 Å². The number of nitrogens with zero attached hydrogens (tertiary/aromatic N) is 2. The molecule has 1 aliphatic rings. The van der Waals surface area contributed by atoms with Gasteiger partial charge in [-0.15, -0.1) is 0 Å². The van der Waals surface area contributed by atoms with E-state index in [1.54, 1.807) is 12.3 Å². The third-order valence-corrected chi connectivity index (χ3v) is 3.81. The van der Waals surface area contributed by atoms with Gasteiger partial charge in [-0.1, -0.05) is 18.2 Å². The maximum atomic E-state index is 8.85.